The SMILES string of the molecule is O=C1c2cc(-c3ccccc3)cnc2C=CC2C=CC(N(S(=O)(=O)c3ccccc3)S(=O)(=O)c3ccccc3)=CC12. The second kappa shape index (κ2) is 10.4. The number of benzene rings is 3. The second-order valence-corrected chi connectivity index (χ2v) is 13.4. The van der Waals surface area contributed by atoms with Gasteiger partial charge < -0.3 is 0 Å². The lowest BCUT2D eigenvalue weighted by atomic mass is 9.83. The molecule has 4 aromatic rings. The standard InChI is InChI=1S/C32H24N2O5S2/c35-32-29-21-26(18-16-24(29)17-19-31-30(32)20-25(22-33-31)23-10-4-1-5-11-23)34(40(36,37)27-12-6-2-7-13-27)41(38,39)28-14-8-3-9-15-28/h1-22,24,29H. The first kappa shape index (κ1) is 26.6. The van der Waals surface area contributed by atoms with Gasteiger partial charge in [-0.2, -0.15) is 3.71 Å². The summed E-state index contributed by atoms with van der Waals surface area (Å²) >= 11 is 0. The fraction of sp³-hybridized carbons (Fsp3) is 0.0625. The number of hydrogen-bond donors (Lipinski definition) is 0. The number of fused-ring (bicyclic) bond motifs is 2. The largest absolute Gasteiger partial charge is 0.293 e. The molecule has 0 aliphatic heterocycles. The predicted molar refractivity (Wildman–Crippen MR) is 156 cm³/mol. The molecule has 2 aliphatic rings. The number of carbonyl (C=O) groups excluding carboxylic acids is 1. The van der Waals surface area contributed by atoms with Crippen LogP contribution >= 0.6 is 0 Å². The van der Waals surface area contributed by atoms with Gasteiger partial charge in [-0.15, -0.1) is 0 Å². The first-order valence-corrected chi connectivity index (χ1v) is 15.7. The number of pyridine rings is 1. The topological polar surface area (TPSA) is 101 Å². The Labute approximate surface area is 238 Å². The molecule has 0 fully saturated rings. The van der Waals surface area contributed by atoms with E-state index in [9.17, 15) is 21.6 Å². The molecular formula is C32H24N2O5S2. The van der Waals surface area contributed by atoms with Crippen LogP contribution in [0.4, 0.5) is 0 Å². The minimum atomic E-state index is -4.59. The van der Waals surface area contributed by atoms with Crippen LogP contribution in [0.5, 0.6) is 0 Å². The van der Waals surface area contributed by atoms with E-state index in [4.69, 9.17) is 0 Å². The third kappa shape index (κ3) is 4.83. The molecule has 9 heteroatoms. The molecule has 0 saturated heterocycles. The highest BCUT2D eigenvalue weighted by atomic mass is 32.3. The van der Waals surface area contributed by atoms with Crippen molar-refractivity contribution < 1.29 is 21.6 Å². The first-order valence-electron chi connectivity index (χ1n) is 12.9. The molecule has 0 amide bonds. The Morgan fingerprint density at radius 2 is 1.20 bits per heavy atom. The zero-order chi connectivity index (χ0) is 28.6. The summed E-state index contributed by atoms with van der Waals surface area (Å²) in [7, 11) is -9.18. The number of ketones is 1. The number of aromatic nitrogens is 1. The molecule has 0 saturated carbocycles. The fourth-order valence-electron chi connectivity index (χ4n) is 5.00. The quantitative estimate of drug-likeness (QED) is 0.289. The van der Waals surface area contributed by atoms with Gasteiger partial charge in [-0.1, -0.05) is 78.9 Å². The summed E-state index contributed by atoms with van der Waals surface area (Å²) < 4.78 is 56.1. The van der Waals surface area contributed by atoms with Crippen molar-refractivity contribution in [1.29, 1.82) is 0 Å². The molecule has 2 unspecified atom stereocenters. The van der Waals surface area contributed by atoms with E-state index in [0.717, 1.165) is 11.1 Å². The highest BCUT2D eigenvalue weighted by Crippen LogP contribution is 2.37. The van der Waals surface area contributed by atoms with Crippen molar-refractivity contribution in [3.05, 3.63) is 145 Å². The molecule has 0 spiro atoms. The van der Waals surface area contributed by atoms with E-state index in [1.165, 1.54) is 60.7 Å². The van der Waals surface area contributed by atoms with E-state index in [2.05, 4.69) is 4.98 Å². The van der Waals surface area contributed by atoms with Gasteiger partial charge in [0.15, 0.2) is 5.78 Å². The zero-order valence-corrected chi connectivity index (χ0v) is 23.2. The Morgan fingerprint density at radius 1 is 0.659 bits per heavy atom. The van der Waals surface area contributed by atoms with Crippen LogP contribution in [0.15, 0.2) is 143 Å². The van der Waals surface area contributed by atoms with Crippen LogP contribution in [0, 0.1) is 11.8 Å². The summed E-state index contributed by atoms with van der Waals surface area (Å²) in [6.07, 6.45) is 9.84. The third-order valence-corrected chi connectivity index (χ3v) is 11.3. The van der Waals surface area contributed by atoms with Crippen LogP contribution in [0.1, 0.15) is 16.1 Å². The van der Waals surface area contributed by atoms with Gasteiger partial charge in [0, 0.05) is 23.2 Å². The smallest absolute Gasteiger partial charge is 0.277 e. The molecule has 2 atom stereocenters. The van der Waals surface area contributed by atoms with Gasteiger partial charge in [0.1, 0.15) is 0 Å². The Hall–Kier alpha value is -4.60. The Kier molecular flexibility index (Phi) is 6.76. The van der Waals surface area contributed by atoms with E-state index >= 15 is 0 Å². The minimum Gasteiger partial charge on any atom is -0.293 e. The van der Waals surface area contributed by atoms with E-state index in [1.54, 1.807) is 36.5 Å². The molecule has 3 aromatic carbocycles. The molecule has 0 N–H and O–H groups in total. The van der Waals surface area contributed by atoms with Crippen molar-refractivity contribution in [2.45, 2.75) is 9.79 Å². The Balaban J connectivity index is 1.48. The van der Waals surface area contributed by atoms with E-state index < -0.39 is 31.9 Å². The fourth-order valence-corrected chi connectivity index (χ4v) is 8.73. The Morgan fingerprint density at radius 3 is 1.78 bits per heavy atom. The lowest BCUT2D eigenvalue weighted by Gasteiger charge is -2.29. The maximum absolute atomic E-state index is 14.0. The molecule has 1 heterocycles. The van der Waals surface area contributed by atoms with Crippen molar-refractivity contribution in [1.82, 2.24) is 8.69 Å². The van der Waals surface area contributed by atoms with Gasteiger partial charge >= 0.3 is 0 Å². The molecule has 1 aromatic heterocycles. The average Bonchev–Trinajstić information content (AvgIpc) is 3.14. The van der Waals surface area contributed by atoms with Gasteiger partial charge in [-0.25, -0.2) is 16.8 Å². The lowest BCUT2D eigenvalue weighted by molar-refractivity contribution is 0.0931. The van der Waals surface area contributed by atoms with Crippen molar-refractivity contribution in [3.8, 4) is 11.1 Å². The van der Waals surface area contributed by atoms with Crippen molar-refractivity contribution >= 4 is 31.9 Å². The lowest BCUT2D eigenvalue weighted by Crippen LogP contribution is -2.37. The number of carbonyl (C=O) groups is 1. The molecule has 0 bridgehead atoms. The number of sulfonamides is 2. The van der Waals surface area contributed by atoms with Crippen LogP contribution in [0.3, 0.4) is 0 Å². The first-order chi connectivity index (χ1) is 19.8. The average molecular weight is 581 g/mol. The van der Waals surface area contributed by atoms with E-state index in [-0.39, 0.29) is 21.3 Å². The maximum Gasteiger partial charge on any atom is 0.277 e. The molecular weight excluding hydrogens is 556 g/mol. The number of nitrogens with zero attached hydrogens (tertiary/aromatic N) is 2. The molecule has 41 heavy (non-hydrogen) atoms. The van der Waals surface area contributed by atoms with Gasteiger partial charge in [-0.05, 0) is 54.1 Å². The Bertz CT molecular complexity index is 1870. The van der Waals surface area contributed by atoms with Crippen LogP contribution < -0.4 is 0 Å². The van der Waals surface area contributed by atoms with E-state index in [1.807, 2.05) is 36.4 Å². The summed E-state index contributed by atoms with van der Waals surface area (Å²) in [4.78, 5) is 18.1. The van der Waals surface area contributed by atoms with E-state index in [0.29, 0.717) is 15.0 Å². The zero-order valence-electron chi connectivity index (χ0n) is 21.6. The molecule has 7 nitrogen and oxygen atoms in total. The summed E-state index contributed by atoms with van der Waals surface area (Å²) in [6, 6.07) is 26.0. The van der Waals surface area contributed by atoms with Crippen molar-refractivity contribution in [2.24, 2.45) is 11.8 Å². The summed E-state index contributed by atoms with van der Waals surface area (Å²) in [5.74, 6) is -1.54. The molecule has 6 rings (SSSR count). The van der Waals surface area contributed by atoms with Crippen LogP contribution in [0.2, 0.25) is 0 Å². The normalized spacial score (nSPS) is 18.1. The number of allylic oxidation sites excluding steroid dienone is 4. The number of hydrogen-bond acceptors (Lipinski definition) is 6. The van der Waals surface area contributed by atoms with Gasteiger partial charge in [0.25, 0.3) is 20.0 Å². The molecule has 0 radical (unpaired) electrons. The predicted octanol–water partition coefficient (Wildman–Crippen LogP) is 5.72. The van der Waals surface area contributed by atoms with Gasteiger partial charge in [0.2, 0.25) is 0 Å². The van der Waals surface area contributed by atoms with Crippen LogP contribution in [-0.4, -0.2) is 31.3 Å². The van der Waals surface area contributed by atoms with Gasteiger partial charge in [-0.3, -0.25) is 9.78 Å². The monoisotopic (exact) mass is 580 g/mol. The third-order valence-electron chi connectivity index (χ3n) is 7.05. The highest BCUT2D eigenvalue weighted by molar-refractivity contribution is 8.04. The second-order valence-electron chi connectivity index (χ2n) is 9.63. The van der Waals surface area contributed by atoms with Crippen LogP contribution in [-0.2, 0) is 20.0 Å². The maximum atomic E-state index is 14.0. The number of Topliss-reactive ketones (excluding diaryl/α,β-unsaturated/α-hetero) is 1. The summed E-state index contributed by atoms with van der Waals surface area (Å²) in [5.41, 5.74) is 2.41. The molecule has 2 aliphatic carbocycles. The van der Waals surface area contributed by atoms with Crippen LogP contribution in [0.25, 0.3) is 17.2 Å². The highest BCUT2D eigenvalue weighted by Gasteiger charge is 2.40. The molecule has 204 valence electrons. The minimum absolute atomic E-state index is 0.128. The van der Waals surface area contributed by atoms with Crippen molar-refractivity contribution in [2.75, 3.05) is 0 Å². The van der Waals surface area contributed by atoms with Gasteiger partial charge in [0.05, 0.1) is 27.1 Å². The van der Waals surface area contributed by atoms with Crippen molar-refractivity contribution in [3.63, 3.8) is 0 Å². The summed E-state index contributed by atoms with van der Waals surface area (Å²) in [5, 5.41) is 0. The number of rotatable bonds is 6. The summed E-state index contributed by atoms with van der Waals surface area (Å²) in [6.45, 7) is 0.